The second kappa shape index (κ2) is 8.41. The van der Waals surface area contributed by atoms with Gasteiger partial charge in [-0.2, -0.15) is 0 Å². The van der Waals surface area contributed by atoms with E-state index in [2.05, 4.69) is 29.3 Å². The van der Waals surface area contributed by atoms with Gasteiger partial charge in [0.05, 0.1) is 6.54 Å². The maximum Gasteiger partial charge on any atom is 0.234 e. The first-order chi connectivity index (χ1) is 10.1. The highest BCUT2D eigenvalue weighted by Gasteiger charge is 2.24. The molecule has 2 atom stereocenters. The molecule has 2 unspecified atom stereocenters. The molecule has 0 radical (unpaired) electrons. The second-order valence-corrected chi connectivity index (χ2v) is 6.84. The van der Waals surface area contributed by atoms with Crippen LogP contribution in [-0.4, -0.2) is 48.8 Å². The number of piperidine rings is 1. The fraction of sp³-hybridized carbons (Fsp3) is 0.562. The first-order valence-electron chi connectivity index (χ1n) is 7.57. The number of nitrogens with one attached hydrogen (secondary N) is 1. The monoisotopic (exact) mass is 307 g/mol. The highest BCUT2D eigenvalue weighted by molar-refractivity contribution is 7.99. The number of hydrogen-bond donors (Lipinski definition) is 2. The summed E-state index contributed by atoms with van der Waals surface area (Å²) >= 11 is 1.76. The van der Waals surface area contributed by atoms with Gasteiger partial charge in [-0.25, -0.2) is 0 Å². The Bertz CT molecular complexity index is 440. The second-order valence-electron chi connectivity index (χ2n) is 5.68. The first kappa shape index (κ1) is 16.3. The van der Waals surface area contributed by atoms with Gasteiger partial charge in [0.2, 0.25) is 5.91 Å². The van der Waals surface area contributed by atoms with E-state index < -0.39 is 0 Å². The van der Waals surface area contributed by atoms with E-state index in [9.17, 15) is 4.79 Å². The Morgan fingerprint density at radius 3 is 2.90 bits per heavy atom. The molecule has 3 N–H and O–H groups in total. The zero-order chi connectivity index (χ0) is 15.1. The summed E-state index contributed by atoms with van der Waals surface area (Å²) in [6.45, 7) is 5.21. The van der Waals surface area contributed by atoms with Crippen LogP contribution in [0.4, 0.5) is 0 Å². The van der Waals surface area contributed by atoms with E-state index in [1.165, 1.54) is 4.90 Å². The minimum Gasteiger partial charge on any atom is -0.354 e. The van der Waals surface area contributed by atoms with E-state index in [0.29, 0.717) is 19.0 Å². The summed E-state index contributed by atoms with van der Waals surface area (Å²) in [4.78, 5) is 15.4. The smallest absolute Gasteiger partial charge is 0.234 e. The molecule has 21 heavy (non-hydrogen) atoms. The molecule has 5 heteroatoms. The predicted octanol–water partition coefficient (Wildman–Crippen LogP) is 1.56. The number of nitrogens with two attached hydrogens (primary N) is 1. The van der Waals surface area contributed by atoms with E-state index in [4.69, 9.17) is 5.73 Å². The van der Waals surface area contributed by atoms with Crippen LogP contribution in [0.3, 0.4) is 0 Å². The van der Waals surface area contributed by atoms with Crippen LogP contribution in [0.15, 0.2) is 35.2 Å². The van der Waals surface area contributed by atoms with Crippen LogP contribution in [0.5, 0.6) is 0 Å². The third-order valence-electron chi connectivity index (χ3n) is 3.86. The van der Waals surface area contributed by atoms with E-state index >= 15 is 0 Å². The molecule has 0 saturated carbocycles. The number of rotatable bonds is 6. The summed E-state index contributed by atoms with van der Waals surface area (Å²) in [5.41, 5.74) is 5.99. The lowest BCUT2D eigenvalue weighted by molar-refractivity contribution is -0.122. The summed E-state index contributed by atoms with van der Waals surface area (Å²) in [5.74, 6) is 1.49. The maximum absolute atomic E-state index is 11.9. The third-order valence-corrected chi connectivity index (χ3v) is 4.87. The number of likely N-dealkylation sites (tertiary alicyclic amines) is 1. The molecule has 1 fully saturated rings. The maximum atomic E-state index is 11.9. The minimum atomic E-state index is 0.117. The average Bonchev–Trinajstić information content (AvgIpc) is 2.49. The van der Waals surface area contributed by atoms with Gasteiger partial charge in [0.1, 0.15) is 0 Å². The lowest BCUT2D eigenvalue weighted by Gasteiger charge is -2.34. The molecule has 116 valence electrons. The van der Waals surface area contributed by atoms with Gasteiger partial charge in [0.15, 0.2) is 0 Å². The molecule has 1 amide bonds. The van der Waals surface area contributed by atoms with Crippen LogP contribution in [-0.2, 0) is 4.79 Å². The van der Waals surface area contributed by atoms with Crippen molar-refractivity contribution in [2.24, 2.45) is 11.7 Å². The summed E-state index contributed by atoms with van der Waals surface area (Å²) in [6, 6.07) is 10.5. The quantitative estimate of drug-likeness (QED) is 0.619. The largest absolute Gasteiger partial charge is 0.354 e. The summed E-state index contributed by atoms with van der Waals surface area (Å²) in [6.07, 6.45) is 0.984. The molecule has 2 rings (SSSR count). The van der Waals surface area contributed by atoms with Gasteiger partial charge in [0.25, 0.3) is 0 Å². The standard InChI is InChI=1S/C16H25N3OS/c1-13-11-19(9-7-15(13)17)12-16(20)18-8-10-21-14-5-3-2-4-6-14/h2-6,13,15H,7-12,17H2,1H3,(H,18,20). The Morgan fingerprint density at radius 1 is 1.43 bits per heavy atom. The molecule has 1 aliphatic heterocycles. The van der Waals surface area contributed by atoms with Crippen LogP contribution in [0.1, 0.15) is 13.3 Å². The molecule has 1 heterocycles. The normalized spacial score (nSPS) is 23.0. The highest BCUT2D eigenvalue weighted by atomic mass is 32.2. The van der Waals surface area contributed by atoms with Crippen molar-refractivity contribution in [2.75, 3.05) is 31.9 Å². The molecule has 0 bridgehead atoms. The molecule has 0 spiro atoms. The lowest BCUT2D eigenvalue weighted by atomic mass is 9.95. The van der Waals surface area contributed by atoms with Crippen molar-refractivity contribution in [3.8, 4) is 0 Å². The number of carbonyl (C=O) groups excluding carboxylic acids is 1. The van der Waals surface area contributed by atoms with Gasteiger partial charge in [-0.1, -0.05) is 25.1 Å². The van der Waals surface area contributed by atoms with Crippen LogP contribution in [0.25, 0.3) is 0 Å². The lowest BCUT2D eigenvalue weighted by Crippen LogP contribution is -2.49. The Labute approximate surface area is 131 Å². The first-order valence-corrected chi connectivity index (χ1v) is 8.56. The van der Waals surface area contributed by atoms with Crippen molar-refractivity contribution in [1.82, 2.24) is 10.2 Å². The van der Waals surface area contributed by atoms with Crippen molar-refractivity contribution in [3.05, 3.63) is 30.3 Å². The van der Waals surface area contributed by atoms with Gasteiger partial charge in [0, 0.05) is 36.3 Å². The van der Waals surface area contributed by atoms with Gasteiger partial charge in [-0.15, -0.1) is 11.8 Å². The average molecular weight is 307 g/mol. The van der Waals surface area contributed by atoms with Crippen molar-refractivity contribution in [1.29, 1.82) is 0 Å². The SMILES string of the molecule is CC1CN(CC(=O)NCCSc2ccccc2)CCC1N. The molecule has 4 nitrogen and oxygen atoms in total. The van der Waals surface area contributed by atoms with Crippen LogP contribution < -0.4 is 11.1 Å². The molecule has 0 aromatic heterocycles. The highest BCUT2D eigenvalue weighted by Crippen LogP contribution is 2.16. The van der Waals surface area contributed by atoms with E-state index in [1.54, 1.807) is 11.8 Å². The van der Waals surface area contributed by atoms with Crippen LogP contribution in [0, 0.1) is 5.92 Å². The number of carbonyl (C=O) groups is 1. The molecule has 1 aromatic rings. The van der Waals surface area contributed by atoms with Gasteiger partial charge in [-0.3, -0.25) is 9.69 Å². The number of hydrogen-bond acceptors (Lipinski definition) is 4. The van der Waals surface area contributed by atoms with Crippen molar-refractivity contribution >= 4 is 17.7 Å². The Balaban J connectivity index is 1.59. The summed E-state index contributed by atoms with van der Waals surface area (Å²) < 4.78 is 0. The zero-order valence-electron chi connectivity index (χ0n) is 12.6. The van der Waals surface area contributed by atoms with Crippen molar-refractivity contribution < 1.29 is 4.79 Å². The van der Waals surface area contributed by atoms with Crippen molar-refractivity contribution in [3.63, 3.8) is 0 Å². The van der Waals surface area contributed by atoms with Gasteiger partial charge < -0.3 is 11.1 Å². The topological polar surface area (TPSA) is 58.4 Å². The fourth-order valence-electron chi connectivity index (χ4n) is 2.53. The van der Waals surface area contributed by atoms with E-state index in [-0.39, 0.29) is 11.9 Å². The number of nitrogens with zero attached hydrogens (tertiary/aromatic N) is 1. The fourth-order valence-corrected chi connectivity index (χ4v) is 3.32. The van der Waals surface area contributed by atoms with Gasteiger partial charge in [-0.05, 0) is 24.5 Å². The third kappa shape index (κ3) is 5.69. The molecular formula is C16H25N3OS. The number of amides is 1. The zero-order valence-corrected chi connectivity index (χ0v) is 13.4. The number of benzene rings is 1. The minimum absolute atomic E-state index is 0.117. The summed E-state index contributed by atoms with van der Waals surface area (Å²) in [5, 5.41) is 2.99. The van der Waals surface area contributed by atoms with E-state index in [1.807, 2.05) is 18.2 Å². The van der Waals surface area contributed by atoms with Gasteiger partial charge >= 0.3 is 0 Å². The molecule has 0 aliphatic carbocycles. The van der Waals surface area contributed by atoms with E-state index in [0.717, 1.165) is 25.3 Å². The predicted molar refractivity (Wildman–Crippen MR) is 88.4 cm³/mol. The molecule has 1 aliphatic rings. The molecule has 1 aromatic carbocycles. The molecule has 1 saturated heterocycles. The summed E-state index contributed by atoms with van der Waals surface area (Å²) in [7, 11) is 0. The Kier molecular flexibility index (Phi) is 6.54. The number of thioether (sulfide) groups is 1. The Hall–Kier alpha value is -1.04. The van der Waals surface area contributed by atoms with Crippen LogP contribution >= 0.6 is 11.8 Å². The molecular weight excluding hydrogens is 282 g/mol. The van der Waals surface area contributed by atoms with Crippen molar-refractivity contribution in [2.45, 2.75) is 24.3 Å². The van der Waals surface area contributed by atoms with Crippen LogP contribution in [0.2, 0.25) is 0 Å². The Morgan fingerprint density at radius 2 is 2.19 bits per heavy atom.